The molecule has 4 atom stereocenters. The third kappa shape index (κ3) is 4.19. The minimum atomic E-state index is -2.67. The zero-order valence-corrected chi connectivity index (χ0v) is 24.1. The van der Waals surface area contributed by atoms with E-state index in [0.29, 0.717) is 17.9 Å². The second-order valence-electron chi connectivity index (χ2n) is 11.7. The molecule has 222 valence electrons. The van der Waals surface area contributed by atoms with Crippen LogP contribution in [0, 0.1) is 11.8 Å². The maximum absolute atomic E-state index is 14.0. The Bertz CT molecular complexity index is 1590. The van der Waals surface area contributed by atoms with Gasteiger partial charge in [0.2, 0.25) is 5.78 Å². The number of aliphatic hydroxyl groups excluding tert-OH is 2. The maximum atomic E-state index is 14.0. The van der Waals surface area contributed by atoms with Gasteiger partial charge in [0, 0.05) is 23.6 Å². The van der Waals surface area contributed by atoms with E-state index in [2.05, 4.69) is 0 Å². The maximum Gasteiger partial charge on any atom is 0.255 e. The summed E-state index contributed by atoms with van der Waals surface area (Å²) in [4.78, 5) is 43.0. The lowest BCUT2D eigenvalue weighted by Gasteiger charge is -2.50. The fourth-order valence-electron chi connectivity index (χ4n) is 6.92. The molecular weight excluding hydrogens is 542 g/mol. The molecule has 11 nitrogen and oxygen atoms in total. The number of ketones is 2. The van der Waals surface area contributed by atoms with Crippen LogP contribution in [0.5, 0.6) is 11.5 Å². The quantitative estimate of drug-likeness (QED) is 0.318. The van der Waals surface area contributed by atoms with Gasteiger partial charge in [0.25, 0.3) is 5.91 Å². The number of amides is 1. The molecule has 1 fully saturated rings. The molecule has 0 heterocycles. The SMILES string of the molecule is COc1ccc(-c2ccc(O)c3c2C[C@H]2C[C@H]4[C@@H](N(C)C)C(=O)C(C(N)=O)=C(O)[C@@]4(O)C(=O)C2=C3O)cc1CN(C)C. The van der Waals surface area contributed by atoms with E-state index in [9.17, 15) is 34.8 Å². The number of Topliss-reactive ketones (excluding diaryl/α,β-unsaturated/α-hetero) is 2. The molecule has 2 aromatic carbocycles. The first kappa shape index (κ1) is 29.3. The van der Waals surface area contributed by atoms with Crippen LogP contribution in [-0.4, -0.2) is 94.6 Å². The summed E-state index contributed by atoms with van der Waals surface area (Å²) in [5.74, 6) is -6.07. The predicted octanol–water partition coefficient (Wildman–Crippen LogP) is 1.70. The molecule has 0 spiro atoms. The van der Waals surface area contributed by atoms with Crippen molar-refractivity contribution in [1.29, 1.82) is 0 Å². The molecule has 0 saturated heterocycles. The zero-order chi connectivity index (χ0) is 30.8. The first-order valence-corrected chi connectivity index (χ1v) is 13.6. The number of benzene rings is 2. The second kappa shape index (κ2) is 10.3. The summed E-state index contributed by atoms with van der Waals surface area (Å²) in [5.41, 5.74) is 4.81. The van der Waals surface area contributed by atoms with E-state index in [4.69, 9.17) is 10.5 Å². The van der Waals surface area contributed by atoms with Crippen LogP contribution in [0.25, 0.3) is 16.9 Å². The minimum absolute atomic E-state index is 0.0232. The van der Waals surface area contributed by atoms with Crippen LogP contribution in [-0.2, 0) is 27.3 Å². The van der Waals surface area contributed by atoms with Crippen LogP contribution < -0.4 is 10.5 Å². The second-order valence-corrected chi connectivity index (χ2v) is 11.7. The highest BCUT2D eigenvalue weighted by atomic mass is 16.5. The van der Waals surface area contributed by atoms with Crippen LogP contribution in [0.1, 0.15) is 23.1 Å². The fourth-order valence-corrected chi connectivity index (χ4v) is 6.92. The number of hydrogen-bond donors (Lipinski definition) is 5. The Morgan fingerprint density at radius 3 is 2.38 bits per heavy atom. The van der Waals surface area contributed by atoms with Crippen molar-refractivity contribution in [2.45, 2.75) is 31.0 Å². The number of ether oxygens (including phenoxy) is 1. The standard InChI is InChI=1S/C31H35N3O8/c1-33(2)13-16-10-14(6-9-21(16)42-5)17-7-8-20(35)23-18(17)11-15-12-19-25(34(3)4)27(37)24(30(32)40)29(39)31(19,41)28(38)22(15)26(23)36/h6-10,15,19,25,35-36,39,41H,11-13H2,1-5H3,(H2,32,40)/t15-,19-,25+,31-/m0/s1. The average Bonchev–Trinajstić information content (AvgIpc) is 2.90. The lowest BCUT2D eigenvalue weighted by atomic mass is 9.57. The van der Waals surface area contributed by atoms with Crippen LogP contribution in [0.3, 0.4) is 0 Å². The number of carbonyl (C=O) groups excluding carboxylic acids is 3. The fraction of sp³-hybridized carbons (Fsp3) is 0.387. The normalized spacial score (nSPS) is 25.5. The zero-order valence-electron chi connectivity index (χ0n) is 24.1. The molecule has 0 bridgehead atoms. The topological polar surface area (TPSA) is 174 Å². The van der Waals surface area contributed by atoms with E-state index in [0.717, 1.165) is 16.7 Å². The molecule has 11 heteroatoms. The number of fused-ring (bicyclic) bond motifs is 3. The lowest BCUT2D eigenvalue weighted by Crippen LogP contribution is -2.65. The van der Waals surface area contributed by atoms with Gasteiger partial charge < -0.3 is 35.8 Å². The number of phenolic OH excluding ortho intramolecular Hbond substituents is 1. The predicted molar refractivity (Wildman–Crippen MR) is 154 cm³/mol. The third-order valence-electron chi connectivity index (χ3n) is 8.68. The smallest absolute Gasteiger partial charge is 0.255 e. The monoisotopic (exact) mass is 577 g/mol. The number of primary amides is 1. The first-order valence-electron chi connectivity index (χ1n) is 13.6. The summed E-state index contributed by atoms with van der Waals surface area (Å²) in [6.45, 7) is 0.605. The Balaban J connectivity index is 1.71. The Labute approximate surface area is 243 Å². The summed E-state index contributed by atoms with van der Waals surface area (Å²) < 4.78 is 5.54. The number of aromatic hydroxyl groups is 1. The molecule has 0 radical (unpaired) electrons. The van der Waals surface area contributed by atoms with Gasteiger partial charge in [-0.25, -0.2) is 0 Å². The average molecular weight is 578 g/mol. The summed E-state index contributed by atoms with van der Waals surface area (Å²) in [5, 5.41) is 45.2. The number of hydrogen-bond acceptors (Lipinski definition) is 10. The molecule has 42 heavy (non-hydrogen) atoms. The molecular formula is C31H35N3O8. The van der Waals surface area contributed by atoms with Crippen LogP contribution >= 0.6 is 0 Å². The Hall–Kier alpha value is -4.19. The van der Waals surface area contributed by atoms with Crippen molar-refractivity contribution in [3.63, 3.8) is 0 Å². The van der Waals surface area contributed by atoms with Gasteiger partial charge in [-0.15, -0.1) is 0 Å². The van der Waals surface area contributed by atoms with Gasteiger partial charge in [-0.1, -0.05) is 12.1 Å². The molecule has 5 rings (SSSR count). The summed E-state index contributed by atoms with van der Waals surface area (Å²) >= 11 is 0. The number of carbonyl (C=O) groups is 3. The number of nitrogens with zero attached hydrogens (tertiary/aromatic N) is 2. The van der Waals surface area contributed by atoms with Gasteiger partial charge in [0.15, 0.2) is 11.4 Å². The van der Waals surface area contributed by atoms with Gasteiger partial charge in [0.05, 0.1) is 18.7 Å². The van der Waals surface area contributed by atoms with Crippen molar-refractivity contribution in [1.82, 2.24) is 9.80 Å². The summed E-state index contributed by atoms with van der Waals surface area (Å²) in [7, 11) is 8.61. The number of likely N-dealkylation sites (N-methyl/N-ethyl adjacent to an activating group) is 1. The molecule has 1 amide bonds. The molecule has 1 saturated carbocycles. The number of methoxy groups -OCH3 is 1. The van der Waals surface area contributed by atoms with Crippen molar-refractivity contribution in [2.75, 3.05) is 35.3 Å². The van der Waals surface area contributed by atoms with Gasteiger partial charge in [-0.3, -0.25) is 19.3 Å². The van der Waals surface area contributed by atoms with Crippen LogP contribution in [0.15, 0.2) is 47.2 Å². The van der Waals surface area contributed by atoms with E-state index < -0.39 is 58.0 Å². The molecule has 0 unspecified atom stereocenters. The van der Waals surface area contributed by atoms with E-state index in [1.807, 2.05) is 37.2 Å². The van der Waals surface area contributed by atoms with Crippen molar-refractivity contribution >= 4 is 23.2 Å². The minimum Gasteiger partial charge on any atom is -0.508 e. The number of aliphatic hydroxyl groups is 3. The van der Waals surface area contributed by atoms with Crippen LogP contribution in [0.2, 0.25) is 0 Å². The van der Waals surface area contributed by atoms with Crippen LogP contribution in [0.4, 0.5) is 0 Å². The highest BCUT2D eigenvalue weighted by Gasteiger charge is 2.64. The largest absolute Gasteiger partial charge is 0.508 e. The lowest BCUT2D eigenvalue weighted by molar-refractivity contribution is -0.153. The molecule has 0 aromatic heterocycles. The van der Waals surface area contributed by atoms with E-state index in [-0.39, 0.29) is 29.7 Å². The first-order chi connectivity index (χ1) is 19.7. The molecule has 2 aromatic rings. The van der Waals surface area contributed by atoms with Gasteiger partial charge in [-0.2, -0.15) is 0 Å². The highest BCUT2D eigenvalue weighted by molar-refractivity contribution is 6.24. The van der Waals surface area contributed by atoms with Crippen molar-refractivity contribution in [2.24, 2.45) is 17.6 Å². The number of phenols is 1. The van der Waals surface area contributed by atoms with Crippen molar-refractivity contribution < 1.29 is 39.5 Å². The Kier molecular flexibility index (Phi) is 7.16. The van der Waals surface area contributed by atoms with Gasteiger partial charge >= 0.3 is 0 Å². The van der Waals surface area contributed by atoms with Crippen molar-refractivity contribution in [3.8, 4) is 22.6 Å². The van der Waals surface area contributed by atoms with Gasteiger partial charge in [-0.05, 0) is 81.8 Å². The van der Waals surface area contributed by atoms with E-state index >= 15 is 0 Å². The molecule has 3 aliphatic rings. The van der Waals surface area contributed by atoms with E-state index in [1.165, 1.54) is 11.0 Å². The highest BCUT2D eigenvalue weighted by Crippen LogP contribution is 2.53. The Morgan fingerprint density at radius 1 is 1.10 bits per heavy atom. The molecule has 6 N–H and O–H groups in total. The van der Waals surface area contributed by atoms with E-state index in [1.54, 1.807) is 27.3 Å². The molecule has 0 aliphatic heterocycles. The summed E-state index contributed by atoms with van der Waals surface area (Å²) in [6.07, 6.45) is 0.225. The number of nitrogens with two attached hydrogens (primary N) is 1. The van der Waals surface area contributed by atoms with Crippen molar-refractivity contribution in [3.05, 3.63) is 63.9 Å². The molecule has 3 aliphatic carbocycles. The third-order valence-corrected chi connectivity index (χ3v) is 8.68. The Morgan fingerprint density at radius 2 is 1.79 bits per heavy atom. The number of rotatable bonds is 6. The summed E-state index contributed by atoms with van der Waals surface area (Å²) in [6, 6.07) is 7.74. The van der Waals surface area contributed by atoms with Gasteiger partial charge in [0.1, 0.15) is 28.6 Å².